The van der Waals surface area contributed by atoms with E-state index in [1.807, 2.05) is 13.0 Å². The van der Waals surface area contributed by atoms with Crippen molar-refractivity contribution in [2.45, 2.75) is 84.1 Å². The van der Waals surface area contributed by atoms with Gasteiger partial charge in [-0.05, 0) is 67.9 Å². The minimum absolute atomic E-state index is 0.0449. The largest absolute Gasteiger partial charge is 0.462 e. The van der Waals surface area contributed by atoms with Gasteiger partial charge in [-0.2, -0.15) is 0 Å². The third-order valence-corrected chi connectivity index (χ3v) is 7.68. The van der Waals surface area contributed by atoms with Crippen molar-refractivity contribution in [2.75, 3.05) is 20.3 Å². The fourth-order valence-electron chi connectivity index (χ4n) is 6.07. The maximum Gasteiger partial charge on any atom is 0.220 e. The second kappa shape index (κ2) is 9.61. The first-order valence-electron chi connectivity index (χ1n) is 11.5. The second-order valence-electron chi connectivity index (χ2n) is 10.5. The molecule has 0 radical (unpaired) electrons. The summed E-state index contributed by atoms with van der Waals surface area (Å²) in [5.41, 5.74) is -0.636. The number of carbonyl (C=O) groups is 1. The Labute approximate surface area is 185 Å². The molecule has 1 aromatic rings. The standard InChI is InChI=1S/C24H40N2O5/c1-22(2)14-20(26-15-17-5-6-18(16-27)31-17)24(8-7-21(28)25-11-12-30-4)10-9-23(3,29)13-19(22)24/h5-6,19-20,26-27,29H,7-16H2,1-4H3,(H,25,28). The van der Waals surface area contributed by atoms with Crippen molar-refractivity contribution in [3.63, 3.8) is 0 Å². The van der Waals surface area contributed by atoms with Crippen molar-refractivity contribution in [2.24, 2.45) is 16.7 Å². The van der Waals surface area contributed by atoms with E-state index >= 15 is 0 Å². The lowest BCUT2D eigenvalue weighted by molar-refractivity contribution is -0.123. The maximum absolute atomic E-state index is 12.5. The lowest BCUT2D eigenvalue weighted by atomic mass is 9.57. The van der Waals surface area contributed by atoms with Gasteiger partial charge in [0.15, 0.2) is 0 Å². The topological polar surface area (TPSA) is 104 Å². The van der Waals surface area contributed by atoms with E-state index in [0.717, 1.165) is 37.9 Å². The number of aliphatic hydroxyl groups excluding tert-OH is 1. The summed E-state index contributed by atoms with van der Waals surface area (Å²) in [5, 5.41) is 26.8. The molecule has 7 nitrogen and oxygen atoms in total. The highest BCUT2D eigenvalue weighted by Crippen LogP contribution is 2.63. The van der Waals surface area contributed by atoms with Gasteiger partial charge in [0, 0.05) is 26.1 Å². The average molecular weight is 437 g/mol. The molecule has 1 aromatic heterocycles. The fraction of sp³-hybridized carbons (Fsp3) is 0.792. The van der Waals surface area contributed by atoms with Gasteiger partial charge >= 0.3 is 0 Å². The number of methoxy groups -OCH3 is 1. The van der Waals surface area contributed by atoms with E-state index in [2.05, 4.69) is 24.5 Å². The van der Waals surface area contributed by atoms with Crippen LogP contribution in [0.4, 0.5) is 0 Å². The Bertz CT molecular complexity index is 744. The van der Waals surface area contributed by atoms with Gasteiger partial charge in [-0.1, -0.05) is 13.8 Å². The fourth-order valence-corrected chi connectivity index (χ4v) is 6.07. The van der Waals surface area contributed by atoms with Crippen molar-refractivity contribution < 1.29 is 24.2 Å². The zero-order valence-corrected chi connectivity index (χ0v) is 19.5. The molecule has 2 aliphatic carbocycles. The van der Waals surface area contributed by atoms with Crippen LogP contribution < -0.4 is 10.6 Å². The Morgan fingerprint density at radius 3 is 2.65 bits per heavy atom. The molecule has 0 saturated heterocycles. The lowest BCUT2D eigenvalue weighted by Gasteiger charge is -2.51. The molecule has 0 bridgehead atoms. The van der Waals surface area contributed by atoms with Crippen LogP contribution in [-0.2, 0) is 22.7 Å². The van der Waals surface area contributed by atoms with E-state index < -0.39 is 5.60 Å². The van der Waals surface area contributed by atoms with Gasteiger partial charge in [-0.3, -0.25) is 4.79 Å². The van der Waals surface area contributed by atoms with Crippen LogP contribution in [0.25, 0.3) is 0 Å². The summed E-state index contributed by atoms with van der Waals surface area (Å²) in [6.07, 6.45) is 4.68. The van der Waals surface area contributed by atoms with Crippen LogP contribution in [0.1, 0.15) is 70.8 Å². The van der Waals surface area contributed by atoms with Crippen molar-refractivity contribution in [1.82, 2.24) is 10.6 Å². The smallest absolute Gasteiger partial charge is 0.220 e. The number of rotatable bonds is 10. The van der Waals surface area contributed by atoms with E-state index in [0.29, 0.717) is 37.8 Å². The van der Waals surface area contributed by atoms with Gasteiger partial charge in [0.05, 0.1) is 18.8 Å². The van der Waals surface area contributed by atoms with Gasteiger partial charge < -0.3 is 30.0 Å². The van der Waals surface area contributed by atoms with Crippen LogP contribution in [-0.4, -0.2) is 48.0 Å². The first-order chi connectivity index (χ1) is 14.6. The zero-order valence-electron chi connectivity index (χ0n) is 19.5. The quantitative estimate of drug-likeness (QED) is 0.421. The highest BCUT2D eigenvalue weighted by molar-refractivity contribution is 5.75. The van der Waals surface area contributed by atoms with Crippen LogP contribution in [0.5, 0.6) is 0 Å². The molecule has 2 aliphatic rings. The summed E-state index contributed by atoms with van der Waals surface area (Å²) >= 11 is 0. The summed E-state index contributed by atoms with van der Waals surface area (Å²) < 4.78 is 10.7. The van der Waals surface area contributed by atoms with Crippen molar-refractivity contribution in [3.8, 4) is 0 Å². The molecule has 1 heterocycles. The monoisotopic (exact) mass is 436 g/mol. The van der Waals surface area contributed by atoms with Gasteiger partial charge in [0.25, 0.3) is 0 Å². The molecule has 2 fully saturated rings. The normalized spacial score (nSPS) is 32.1. The zero-order chi connectivity index (χ0) is 22.7. The minimum Gasteiger partial charge on any atom is -0.462 e. The van der Waals surface area contributed by atoms with Gasteiger partial charge in [-0.25, -0.2) is 0 Å². The van der Waals surface area contributed by atoms with Crippen molar-refractivity contribution in [3.05, 3.63) is 23.7 Å². The van der Waals surface area contributed by atoms with Crippen LogP contribution in [0.15, 0.2) is 16.5 Å². The number of hydrogen-bond acceptors (Lipinski definition) is 6. The molecule has 4 unspecified atom stereocenters. The maximum atomic E-state index is 12.5. The number of aliphatic hydroxyl groups is 2. The van der Waals surface area contributed by atoms with Crippen LogP contribution in [0, 0.1) is 16.7 Å². The lowest BCUT2D eigenvalue weighted by Crippen LogP contribution is -2.51. The van der Waals surface area contributed by atoms with E-state index in [1.54, 1.807) is 13.2 Å². The number of hydrogen-bond donors (Lipinski definition) is 4. The minimum atomic E-state index is -0.655. The first-order valence-corrected chi connectivity index (χ1v) is 11.5. The molecule has 1 amide bonds. The molecule has 4 atom stereocenters. The van der Waals surface area contributed by atoms with Gasteiger partial charge in [-0.15, -0.1) is 0 Å². The predicted molar refractivity (Wildman–Crippen MR) is 118 cm³/mol. The van der Waals surface area contributed by atoms with E-state index in [1.165, 1.54) is 0 Å². The van der Waals surface area contributed by atoms with Crippen molar-refractivity contribution >= 4 is 5.91 Å². The molecule has 0 aliphatic heterocycles. The molecule has 3 rings (SSSR count). The second-order valence-corrected chi connectivity index (χ2v) is 10.5. The van der Waals surface area contributed by atoms with Gasteiger partial charge in [0.2, 0.25) is 5.91 Å². The molecular formula is C24H40N2O5. The summed E-state index contributed by atoms with van der Waals surface area (Å²) in [6, 6.07) is 3.94. The Morgan fingerprint density at radius 1 is 1.23 bits per heavy atom. The highest BCUT2D eigenvalue weighted by atomic mass is 16.5. The average Bonchev–Trinajstić information content (AvgIpc) is 3.26. The Balaban J connectivity index is 1.76. The molecule has 176 valence electrons. The van der Waals surface area contributed by atoms with Gasteiger partial charge in [0.1, 0.15) is 18.1 Å². The van der Waals surface area contributed by atoms with Crippen LogP contribution >= 0.6 is 0 Å². The van der Waals surface area contributed by atoms with Crippen molar-refractivity contribution in [1.29, 1.82) is 0 Å². The molecular weight excluding hydrogens is 396 g/mol. The van der Waals surface area contributed by atoms with E-state index in [-0.39, 0.29) is 29.4 Å². The van der Waals surface area contributed by atoms with E-state index in [4.69, 9.17) is 9.15 Å². The SMILES string of the molecule is COCCNC(=O)CCC12CCC(C)(O)CC1C(C)(C)CC2NCc1ccc(CO)o1. The Morgan fingerprint density at radius 2 is 1.97 bits per heavy atom. The molecule has 7 heteroatoms. The first kappa shape index (κ1) is 24.2. The molecule has 2 saturated carbocycles. The third-order valence-electron chi connectivity index (χ3n) is 7.68. The summed E-state index contributed by atoms with van der Waals surface area (Å²) in [7, 11) is 1.63. The number of carbonyl (C=O) groups excluding carboxylic acids is 1. The molecule has 31 heavy (non-hydrogen) atoms. The Hall–Kier alpha value is -1.41. The number of ether oxygens (including phenoxy) is 1. The Kier molecular flexibility index (Phi) is 7.51. The van der Waals surface area contributed by atoms with Crippen LogP contribution in [0.3, 0.4) is 0 Å². The number of fused-ring (bicyclic) bond motifs is 1. The number of amides is 1. The predicted octanol–water partition coefficient (Wildman–Crippen LogP) is 2.74. The van der Waals surface area contributed by atoms with Crippen LogP contribution in [0.2, 0.25) is 0 Å². The van der Waals surface area contributed by atoms with E-state index in [9.17, 15) is 15.0 Å². The summed E-state index contributed by atoms with van der Waals surface area (Å²) in [5.74, 6) is 1.76. The molecule has 4 N–H and O–H groups in total. The third kappa shape index (κ3) is 5.51. The molecule has 0 spiro atoms. The highest BCUT2D eigenvalue weighted by Gasteiger charge is 2.61. The summed E-state index contributed by atoms with van der Waals surface area (Å²) in [6.45, 7) is 8.07. The number of furan rings is 1. The summed E-state index contributed by atoms with van der Waals surface area (Å²) in [4.78, 5) is 12.5. The number of nitrogens with one attached hydrogen (secondary N) is 2. The molecule has 0 aromatic carbocycles.